The highest BCUT2D eigenvalue weighted by molar-refractivity contribution is 6.25. The molecule has 0 bridgehead atoms. The van der Waals surface area contributed by atoms with E-state index in [0.717, 1.165) is 0 Å². The summed E-state index contributed by atoms with van der Waals surface area (Å²) in [5.41, 5.74) is -0.891. The van der Waals surface area contributed by atoms with Crippen LogP contribution in [-0.2, 0) is 0 Å². The summed E-state index contributed by atoms with van der Waals surface area (Å²) in [6.45, 7) is 0. The van der Waals surface area contributed by atoms with Crippen LogP contribution in [0.15, 0.2) is 48.3 Å². The fraction of sp³-hybridized carbons (Fsp3) is 0. The second-order valence-electron chi connectivity index (χ2n) is 4.20. The van der Waals surface area contributed by atoms with E-state index in [-0.39, 0.29) is 26.9 Å². The smallest absolute Gasteiger partial charge is 0.277 e. The predicted molar refractivity (Wildman–Crippen MR) is 78.5 cm³/mol. The Labute approximate surface area is 124 Å². The molecule has 4 aromatic rings. The lowest BCUT2D eigenvalue weighted by Crippen LogP contribution is -1.91. The summed E-state index contributed by atoms with van der Waals surface area (Å²) in [6, 6.07) is -5.36. The number of hydrogen-bond acceptors (Lipinski definition) is 3. The highest BCUT2D eigenvalue weighted by atomic mass is 16.6. The largest absolute Gasteiger partial charge is 0.507 e. The maximum Gasteiger partial charge on any atom is 0.277 e. The Morgan fingerprint density at radius 2 is 1.45 bits per heavy atom. The van der Waals surface area contributed by atoms with Gasteiger partial charge in [-0.3, -0.25) is 10.1 Å². The Bertz CT molecular complexity index is 1360. The number of aromatic hydroxyl groups is 1. The zero-order valence-corrected chi connectivity index (χ0v) is 9.71. The van der Waals surface area contributed by atoms with Gasteiger partial charge in [0, 0.05) is 22.2 Å². The first kappa shape index (κ1) is 5.63. The highest BCUT2D eigenvalue weighted by Crippen LogP contribution is 2.40. The molecule has 4 nitrogen and oxygen atoms in total. The minimum Gasteiger partial charge on any atom is -0.507 e. The van der Waals surface area contributed by atoms with Gasteiger partial charge in [-0.25, -0.2) is 0 Å². The summed E-state index contributed by atoms with van der Waals surface area (Å²) in [6.07, 6.45) is 0. The van der Waals surface area contributed by atoms with Crippen molar-refractivity contribution < 1.29 is 21.0 Å². The summed E-state index contributed by atoms with van der Waals surface area (Å²) < 4.78 is 64.9. The molecule has 0 amide bonds. The lowest BCUT2D eigenvalue weighted by Gasteiger charge is -2.11. The number of nitro benzene ring substituents is 1. The Morgan fingerprint density at radius 3 is 2.15 bits per heavy atom. The molecule has 0 fully saturated rings. The van der Waals surface area contributed by atoms with Gasteiger partial charge in [-0.1, -0.05) is 18.1 Å². The third-order valence-electron chi connectivity index (χ3n) is 3.14. The Hall–Kier alpha value is -2.88. The van der Waals surface area contributed by atoms with Gasteiger partial charge in [0.05, 0.1) is 21.3 Å². The lowest BCUT2D eigenvalue weighted by molar-refractivity contribution is -0.383. The van der Waals surface area contributed by atoms with Gasteiger partial charge in [-0.05, 0) is 34.9 Å². The molecule has 0 aliphatic carbocycles. The zero-order valence-electron chi connectivity index (χ0n) is 17.7. The van der Waals surface area contributed by atoms with Gasteiger partial charge >= 0.3 is 0 Å². The first-order valence-electron chi connectivity index (χ1n) is 9.56. The molecular formula is C16H9NO3. The summed E-state index contributed by atoms with van der Waals surface area (Å²) >= 11 is 0. The third kappa shape index (κ3) is 1.25. The van der Waals surface area contributed by atoms with Gasteiger partial charge < -0.3 is 5.11 Å². The van der Waals surface area contributed by atoms with Crippen LogP contribution in [0.4, 0.5) is 5.69 Å². The topological polar surface area (TPSA) is 63.4 Å². The quantitative estimate of drug-likeness (QED) is 0.320. The van der Waals surface area contributed by atoms with Gasteiger partial charge in [0.2, 0.25) is 0 Å². The van der Waals surface area contributed by atoms with Crippen LogP contribution in [0.1, 0.15) is 11.0 Å². The second kappa shape index (κ2) is 3.57. The number of nitrogens with zero attached hydrogens (tertiary/aromatic N) is 1. The van der Waals surface area contributed by atoms with Crippen LogP contribution in [0.3, 0.4) is 0 Å². The normalized spacial score (nSPS) is 17.2. The zero-order chi connectivity index (χ0) is 20.8. The molecule has 0 atom stereocenters. The molecule has 4 aromatic carbocycles. The molecule has 0 saturated carbocycles. The molecule has 20 heavy (non-hydrogen) atoms. The SMILES string of the molecule is [2H]c1c([2H])c2c([2H])c([2H])c3c([2H])c([2H])c([N+](=O)[O-])c4c([2H])c([2H])c(c1O)c2c34. The first-order valence-corrected chi connectivity index (χ1v) is 5.56. The summed E-state index contributed by atoms with van der Waals surface area (Å²) in [4.78, 5) is 10.6. The van der Waals surface area contributed by atoms with Crippen LogP contribution >= 0.6 is 0 Å². The number of hydrogen-bond donors (Lipinski definition) is 1. The van der Waals surface area contributed by atoms with E-state index >= 15 is 0 Å². The van der Waals surface area contributed by atoms with E-state index in [9.17, 15) is 15.2 Å². The van der Waals surface area contributed by atoms with Crippen molar-refractivity contribution in [3.8, 4) is 5.75 Å². The highest BCUT2D eigenvalue weighted by Gasteiger charge is 2.17. The fourth-order valence-corrected chi connectivity index (χ4v) is 2.30. The van der Waals surface area contributed by atoms with Crippen molar-refractivity contribution in [3.63, 3.8) is 0 Å². The van der Waals surface area contributed by atoms with Crippen molar-refractivity contribution in [1.82, 2.24) is 0 Å². The maximum absolute atomic E-state index is 11.6. The van der Waals surface area contributed by atoms with E-state index in [1.807, 2.05) is 0 Å². The van der Waals surface area contributed by atoms with Crippen molar-refractivity contribution >= 4 is 38.0 Å². The summed E-state index contributed by atoms with van der Waals surface area (Å²) in [5, 5.41) is 20.2. The molecule has 4 rings (SSSR count). The second-order valence-corrected chi connectivity index (χ2v) is 4.20. The van der Waals surface area contributed by atoms with E-state index in [1.54, 1.807) is 0 Å². The van der Waals surface area contributed by atoms with Gasteiger partial charge in [0.1, 0.15) is 5.75 Å². The maximum atomic E-state index is 11.6. The molecule has 0 aliphatic heterocycles. The molecule has 0 heterocycles. The molecule has 0 unspecified atom stereocenters. The molecule has 0 saturated heterocycles. The molecule has 0 spiro atoms. The number of rotatable bonds is 1. The van der Waals surface area contributed by atoms with Crippen molar-refractivity contribution in [3.05, 3.63) is 58.5 Å². The van der Waals surface area contributed by atoms with E-state index in [4.69, 9.17) is 11.0 Å². The van der Waals surface area contributed by atoms with Crippen molar-refractivity contribution in [2.45, 2.75) is 0 Å². The monoisotopic (exact) mass is 271 g/mol. The van der Waals surface area contributed by atoms with Gasteiger partial charge in [-0.2, -0.15) is 0 Å². The fourth-order valence-electron chi connectivity index (χ4n) is 2.30. The van der Waals surface area contributed by atoms with Crippen molar-refractivity contribution in [1.29, 1.82) is 0 Å². The van der Waals surface area contributed by atoms with E-state index in [0.29, 0.717) is 0 Å². The molecule has 0 aliphatic rings. The Balaban J connectivity index is 2.62. The van der Waals surface area contributed by atoms with Crippen molar-refractivity contribution in [2.75, 3.05) is 0 Å². The molecule has 4 heteroatoms. The van der Waals surface area contributed by atoms with Crippen LogP contribution in [0.25, 0.3) is 32.3 Å². The van der Waals surface area contributed by atoms with Gasteiger partial charge in [0.25, 0.3) is 5.69 Å². The van der Waals surface area contributed by atoms with Crippen molar-refractivity contribution in [2.24, 2.45) is 0 Å². The number of phenols is 1. The van der Waals surface area contributed by atoms with Gasteiger partial charge in [-0.15, -0.1) is 0 Å². The van der Waals surface area contributed by atoms with Crippen LogP contribution in [0.5, 0.6) is 5.75 Å². The summed E-state index contributed by atoms with van der Waals surface area (Å²) in [7, 11) is 0. The third-order valence-corrected chi connectivity index (χ3v) is 3.14. The minimum absolute atomic E-state index is 0.165. The molecule has 0 radical (unpaired) electrons. The van der Waals surface area contributed by atoms with E-state index in [2.05, 4.69) is 0 Å². The van der Waals surface area contributed by atoms with Crippen LogP contribution in [-0.4, -0.2) is 10.0 Å². The van der Waals surface area contributed by atoms with Crippen LogP contribution < -0.4 is 0 Å². The number of phenolic OH excluding ortho intramolecular Hbond substituents is 1. The summed E-state index contributed by atoms with van der Waals surface area (Å²) in [5.74, 6) is -0.791. The van der Waals surface area contributed by atoms with E-state index < -0.39 is 70.1 Å². The van der Waals surface area contributed by atoms with Crippen LogP contribution in [0.2, 0.25) is 0 Å². The molecular weight excluding hydrogens is 254 g/mol. The average molecular weight is 271 g/mol. The minimum atomic E-state index is -0.952. The molecule has 1 N–H and O–H groups in total. The number of nitro groups is 1. The predicted octanol–water partition coefficient (Wildman–Crippen LogP) is 4.20. The lowest BCUT2D eigenvalue weighted by atomic mass is 9.93. The standard InChI is InChI=1S/C16H9NO3/c18-14-8-4-10-2-1-9-3-7-13(17(19)20)11-5-6-12(14)16(10)15(9)11/h1-8,18H/i1D,2D,3D,4D,5D,6D,7D,8D. The molecule has 96 valence electrons. The Morgan fingerprint density at radius 1 is 0.900 bits per heavy atom. The van der Waals surface area contributed by atoms with Gasteiger partial charge in [0.15, 0.2) is 0 Å². The van der Waals surface area contributed by atoms with E-state index in [1.165, 1.54) is 0 Å². The van der Waals surface area contributed by atoms with Crippen LogP contribution in [0, 0.1) is 10.1 Å². The molecule has 0 aromatic heterocycles. The number of benzene rings is 4. The first-order chi connectivity index (χ1) is 13.0. The Kier molecular flexibility index (Phi) is 1.00. The average Bonchev–Trinajstić information content (AvgIpc) is 2.63.